The molecule has 1 aliphatic rings. The molecule has 1 aromatic rings. The van der Waals surface area contributed by atoms with Crippen molar-refractivity contribution in [2.75, 3.05) is 26.2 Å². The number of imidazole rings is 1. The number of carboxylic acids is 1. The summed E-state index contributed by atoms with van der Waals surface area (Å²) >= 11 is 0. The highest BCUT2D eigenvalue weighted by atomic mass is 16.4. The molecule has 1 aliphatic heterocycles. The van der Waals surface area contributed by atoms with E-state index in [9.17, 15) is 9.59 Å². The number of Topliss-reactive ketones (excluding diaryl/α,β-unsaturated/α-hetero) is 1. The van der Waals surface area contributed by atoms with Crippen LogP contribution in [-0.4, -0.2) is 63.7 Å². The minimum absolute atomic E-state index is 0.0881. The summed E-state index contributed by atoms with van der Waals surface area (Å²) in [6.45, 7) is 4.85. The van der Waals surface area contributed by atoms with Crippen molar-refractivity contribution in [2.45, 2.75) is 26.2 Å². The van der Waals surface area contributed by atoms with Gasteiger partial charge in [-0.25, -0.2) is 4.98 Å². The van der Waals surface area contributed by atoms with Gasteiger partial charge < -0.3 is 15.0 Å². The molecule has 8 nitrogen and oxygen atoms in total. The van der Waals surface area contributed by atoms with E-state index in [0.717, 1.165) is 13.1 Å². The predicted octanol–water partition coefficient (Wildman–Crippen LogP) is -1.12. The number of carbonyl (C=O) groups excluding carboxylic acids is 1. The molecule has 2 heterocycles. The van der Waals surface area contributed by atoms with Crippen LogP contribution in [-0.2, 0) is 22.7 Å². The molecule has 0 amide bonds. The van der Waals surface area contributed by atoms with E-state index in [-0.39, 0.29) is 18.5 Å². The van der Waals surface area contributed by atoms with Crippen LogP contribution in [0.25, 0.3) is 0 Å². The standard InChI is InChI=1S/C13H21N5O3/c1-10(19)8-17-4-2-15-11(17)6-14-7-12-16-3-5-18(12)9-13(20)21/h3,5,11,14-15H,2,4,6-9H2,1H3,(H,20,21). The first-order valence-electron chi connectivity index (χ1n) is 6.95. The topological polar surface area (TPSA) is 99.5 Å². The largest absolute Gasteiger partial charge is 0.480 e. The number of nitrogens with zero attached hydrogens (tertiary/aromatic N) is 3. The maximum atomic E-state index is 11.2. The van der Waals surface area contributed by atoms with Crippen LogP contribution in [0.4, 0.5) is 0 Å². The third-order valence-corrected chi connectivity index (χ3v) is 3.37. The van der Waals surface area contributed by atoms with Crippen LogP contribution in [0, 0.1) is 0 Å². The van der Waals surface area contributed by atoms with Gasteiger partial charge in [0.2, 0.25) is 0 Å². The zero-order chi connectivity index (χ0) is 15.2. The minimum Gasteiger partial charge on any atom is -0.480 e. The molecular weight excluding hydrogens is 274 g/mol. The molecule has 0 aliphatic carbocycles. The highest BCUT2D eigenvalue weighted by Gasteiger charge is 2.24. The Morgan fingerprint density at radius 2 is 2.33 bits per heavy atom. The lowest BCUT2D eigenvalue weighted by atomic mass is 10.3. The summed E-state index contributed by atoms with van der Waals surface area (Å²) in [6.07, 6.45) is 3.37. The maximum absolute atomic E-state index is 11.2. The first kappa shape index (κ1) is 15.6. The highest BCUT2D eigenvalue weighted by molar-refractivity contribution is 5.77. The van der Waals surface area contributed by atoms with E-state index in [1.807, 2.05) is 0 Å². The molecule has 3 N–H and O–H groups in total. The number of hydrogen-bond donors (Lipinski definition) is 3. The Labute approximate surface area is 123 Å². The Balaban J connectivity index is 1.80. The normalized spacial score (nSPS) is 19.0. The molecule has 1 unspecified atom stereocenters. The Morgan fingerprint density at radius 1 is 1.52 bits per heavy atom. The number of hydrogen-bond acceptors (Lipinski definition) is 6. The van der Waals surface area contributed by atoms with Crippen LogP contribution in [0.1, 0.15) is 12.7 Å². The molecule has 2 rings (SSSR count). The van der Waals surface area contributed by atoms with Gasteiger partial charge in [0.05, 0.1) is 19.3 Å². The van der Waals surface area contributed by atoms with Crippen molar-refractivity contribution in [3.63, 3.8) is 0 Å². The van der Waals surface area contributed by atoms with Gasteiger partial charge in [-0.15, -0.1) is 0 Å². The van der Waals surface area contributed by atoms with Crippen molar-refractivity contribution >= 4 is 11.8 Å². The van der Waals surface area contributed by atoms with E-state index in [0.29, 0.717) is 25.5 Å². The molecule has 0 saturated carbocycles. The van der Waals surface area contributed by atoms with Crippen molar-refractivity contribution in [3.05, 3.63) is 18.2 Å². The lowest BCUT2D eigenvalue weighted by Crippen LogP contribution is -2.45. The van der Waals surface area contributed by atoms with Crippen molar-refractivity contribution in [1.82, 2.24) is 25.1 Å². The van der Waals surface area contributed by atoms with E-state index in [1.165, 1.54) is 0 Å². The van der Waals surface area contributed by atoms with Crippen LogP contribution in [0.15, 0.2) is 12.4 Å². The summed E-state index contributed by atoms with van der Waals surface area (Å²) in [5.41, 5.74) is 0. The van der Waals surface area contributed by atoms with Crippen molar-refractivity contribution < 1.29 is 14.7 Å². The van der Waals surface area contributed by atoms with E-state index in [4.69, 9.17) is 5.11 Å². The molecule has 1 aromatic heterocycles. The molecule has 0 bridgehead atoms. The van der Waals surface area contributed by atoms with Crippen molar-refractivity contribution in [2.24, 2.45) is 0 Å². The molecule has 1 fully saturated rings. The fraction of sp³-hybridized carbons (Fsp3) is 0.615. The Bertz CT molecular complexity index is 502. The third kappa shape index (κ3) is 4.62. The highest BCUT2D eigenvalue weighted by Crippen LogP contribution is 2.03. The first-order chi connectivity index (χ1) is 10.1. The summed E-state index contributed by atoms with van der Waals surface area (Å²) < 4.78 is 1.60. The zero-order valence-corrected chi connectivity index (χ0v) is 12.1. The zero-order valence-electron chi connectivity index (χ0n) is 12.1. The number of nitrogens with one attached hydrogen (secondary N) is 2. The van der Waals surface area contributed by atoms with Gasteiger partial charge in [0.25, 0.3) is 0 Å². The molecule has 0 radical (unpaired) electrons. The number of carbonyl (C=O) groups is 2. The lowest BCUT2D eigenvalue weighted by molar-refractivity contribution is -0.137. The fourth-order valence-corrected chi connectivity index (χ4v) is 2.45. The Morgan fingerprint density at radius 3 is 3.05 bits per heavy atom. The van der Waals surface area contributed by atoms with Gasteiger partial charge in [0.1, 0.15) is 18.2 Å². The predicted molar refractivity (Wildman–Crippen MR) is 75.6 cm³/mol. The first-order valence-corrected chi connectivity index (χ1v) is 6.95. The van der Waals surface area contributed by atoms with Gasteiger partial charge in [-0.2, -0.15) is 0 Å². The average molecular weight is 295 g/mol. The van der Waals surface area contributed by atoms with Gasteiger partial charge >= 0.3 is 5.97 Å². The van der Waals surface area contributed by atoms with E-state index in [2.05, 4.69) is 20.5 Å². The van der Waals surface area contributed by atoms with Gasteiger partial charge in [0.15, 0.2) is 0 Å². The van der Waals surface area contributed by atoms with Crippen molar-refractivity contribution in [1.29, 1.82) is 0 Å². The second kappa shape index (κ2) is 7.30. The quantitative estimate of drug-likeness (QED) is 0.558. The van der Waals surface area contributed by atoms with Gasteiger partial charge in [-0.3, -0.25) is 19.8 Å². The van der Waals surface area contributed by atoms with Gasteiger partial charge in [0, 0.05) is 32.0 Å². The number of rotatable bonds is 8. The Kier molecular flexibility index (Phi) is 5.43. The molecule has 8 heteroatoms. The minimum atomic E-state index is -0.889. The molecular formula is C13H21N5O3. The summed E-state index contributed by atoms with van der Waals surface area (Å²) in [5.74, 6) is -0.0476. The monoisotopic (exact) mass is 295 g/mol. The molecule has 1 atom stereocenters. The molecule has 0 aromatic carbocycles. The molecule has 21 heavy (non-hydrogen) atoms. The van der Waals surface area contributed by atoms with E-state index in [1.54, 1.807) is 23.9 Å². The number of aromatic nitrogens is 2. The van der Waals surface area contributed by atoms with Gasteiger partial charge in [-0.1, -0.05) is 0 Å². The summed E-state index contributed by atoms with van der Waals surface area (Å²) in [6, 6.07) is 0. The molecule has 0 spiro atoms. The molecule has 1 saturated heterocycles. The van der Waals surface area contributed by atoms with E-state index < -0.39 is 5.97 Å². The second-order valence-corrected chi connectivity index (χ2v) is 5.14. The molecule has 116 valence electrons. The summed E-state index contributed by atoms with van der Waals surface area (Å²) in [5, 5.41) is 15.4. The maximum Gasteiger partial charge on any atom is 0.323 e. The summed E-state index contributed by atoms with van der Waals surface area (Å²) in [4.78, 5) is 28.2. The SMILES string of the molecule is CC(=O)CN1CCNC1CNCc1nccn1CC(=O)O. The number of ketones is 1. The van der Waals surface area contributed by atoms with Crippen LogP contribution in [0.2, 0.25) is 0 Å². The average Bonchev–Trinajstić information content (AvgIpc) is 2.99. The van der Waals surface area contributed by atoms with E-state index >= 15 is 0 Å². The Hall–Kier alpha value is -1.77. The summed E-state index contributed by atoms with van der Waals surface area (Å²) in [7, 11) is 0. The lowest BCUT2D eigenvalue weighted by Gasteiger charge is -2.23. The fourth-order valence-electron chi connectivity index (χ4n) is 2.45. The smallest absolute Gasteiger partial charge is 0.323 e. The third-order valence-electron chi connectivity index (χ3n) is 3.37. The second-order valence-electron chi connectivity index (χ2n) is 5.14. The van der Waals surface area contributed by atoms with Crippen LogP contribution >= 0.6 is 0 Å². The number of aliphatic carboxylic acids is 1. The van der Waals surface area contributed by atoms with Crippen LogP contribution in [0.3, 0.4) is 0 Å². The number of carboxylic acid groups (broad SMARTS) is 1. The van der Waals surface area contributed by atoms with Crippen LogP contribution < -0.4 is 10.6 Å². The van der Waals surface area contributed by atoms with Crippen LogP contribution in [0.5, 0.6) is 0 Å². The van der Waals surface area contributed by atoms with Crippen molar-refractivity contribution in [3.8, 4) is 0 Å². The van der Waals surface area contributed by atoms with Gasteiger partial charge in [-0.05, 0) is 6.92 Å².